The lowest BCUT2D eigenvalue weighted by Crippen LogP contribution is -2.38. The fraction of sp³-hybridized carbons (Fsp3) is 0.667. The molecule has 1 aromatic rings. The van der Waals surface area contributed by atoms with Gasteiger partial charge in [-0.3, -0.25) is 0 Å². The number of methoxy groups -OCH3 is 1. The van der Waals surface area contributed by atoms with Gasteiger partial charge in [-0.05, 0) is 18.9 Å². The molecule has 122 valence electrons. The number of rotatable bonds is 5. The van der Waals surface area contributed by atoms with Crippen LogP contribution < -0.4 is 15.2 Å². The van der Waals surface area contributed by atoms with Crippen molar-refractivity contribution in [1.82, 2.24) is 0 Å². The molecule has 1 unspecified atom stereocenters. The second-order valence-electron chi connectivity index (χ2n) is 6.49. The molecular formula is C18H27NO3. The zero-order chi connectivity index (χ0) is 15.4. The van der Waals surface area contributed by atoms with Crippen LogP contribution in [-0.4, -0.2) is 33.0 Å². The first kappa shape index (κ1) is 15.6. The average Bonchev–Trinajstić information content (AvgIpc) is 3.09. The van der Waals surface area contributed by atoms with Crippen LogP contribution in [0, 0.1) is 0 Å². The number of benzene rings is 1. The molecule has 0 aromatic heterocycles. The predicted molar refractivity (Wildman–Crippen MR) is 86.7 cm³/mol. The van der Waals surface area contributed by atoms with Crippen molar-refractivity contribution in [2.24, 2.45) is 5.73 Å². The SMILES string of the molecule is COc1cccc(C2(CN)CCCCC2)c1OC1CCOC1. The zero-order valence-corrected chi connectivity index (χ0v) is 13.5. The molecule has 1 aliphatic carbocycles. The number of hydrogen-bond acceptors (Lipinski definition) is 4. The number of para-hydroxylation sites is 1. The van der Waals surface area contributed by atoms with E-state index < -0.39 is 0 Å². The van der Waals surface area contributed by atoms with Gasteiger partial charge in [-0.2, -0.15) is 0 Å². The minimum Gasteiger partial charge on any atom is -0.493 e. The Morgan fingerprint density at radius 2 is 2.09 bits per heavy atom. The molecule has 1 atom stereocenters. The van der Waals surface area contributed by atoms with Crippen LogP contribution in [-0.2, 0) is 10.2 Å². The highest BCUT2D eigenvalue weighted by molar-refractivity contribution is 5.51. The lowest BCUT2D eigenvalue weighted by molar-refractivity contribution is 0.135. The fourth-order valence-corrected chi connectivity index (χ4v) is 3.80. The van der Waals surface area contributed by atoms with E-state index in [9.17, 15) is 0 Å². The first-order chi connectivity index (χ1) is 10.8. The molecular weight excluding hydrogens is 278 g/mol. The van der Waals surface area contributed by atoms with E-state index in [1.807, 2.05) is 6.07 Å². The van der Waals surface area contributed by atoms with E-state index in [0.717, 1.165) is 37.4 Å². The van der Waals surface area contributed by atoms with Crippen molar-refractivity contribution in [3.8, 4) is 11.5 Å². The number of nitrogens with two attached hydrogens (primary N) is 1. The van der Waals surface area contributed by atoms with Crippen LogP contribution in [0.2, 0.25) is 0 Å². The third-order valence-electron chi connectivity index (χ3n) is 5.14. The number of hydrogen-bond donors (Lipinski definition) is 1. The van der Waals surface area contributed by atoms with Crippen molar-refractivity contribution in [3.05, 3.63) is 23.8 Å². The summed E-state index contributed by atoms with van der Waals surface area (Å²) in [4.78, 5) is 0. The molecule has 0 radical (unpaired) electrons. The normalized spacial score (nSPS) is 24.2. The van der Waals surface area contributed by atoms with Gasteiger partial charge in [0.05, 0.1) is 20.3 Å². The van der Waals surface area contributed by atoms with Crippen molar-refractivity contribution in [1.29, 1.82) is 0 Å². The van der Waals surface area contributed by atoms with Gasteiger partial charge in [-0.1, -0.05) is 31.4 Å². The molecule has 0 bridgehead atoms. The molecule has 4 nitrogen and oxygen atoms in total. The Morgan fingerprint density at radius 3 is 2.73 bits per heavy atom. The van der Waals surface area contributed by atoms with Crippen molar-refractivity contribution >= 4 is 0 Å². The Bertz CT molecular complexity index is 491. The molecule has 0 spiro atoms. The van der Waals surface area contributed by atoms with Gasteiger partial charge in [0.1, 0.15) is 6.10 Å². The Hall–Kier alpha value is -1.26. The van der Waals surface area contributed by atoms with Gasteiger partial charge in [0.2, 0.25) is 0 Å². The average molecular weight is 305 g/mol. The zero-order valence-electron chi connectivity index (χ0n) is 13.5. The quantitative estimate of drug-likeness (QED) is 0.908. The van der Waals surface area contributed by atoms with E-state index in [0.29, 0.717) is 13.2 Å². The van der Waals surface area contributed by atoms with Gasteiger partial charge in [0, 0.05) is 23.9 Å². The summed E-state index contributed by atoms with van der Waals surface area (Å²) < 4.78 is 17.3. The summed E-state index contributed by atoms with van der Waals surface area (Å²) in [6.07, 6.45) is 7.10. The van der Waals surface area contributed by atoms with E-state index in [2.05, 4.69) is 12.1 Å². The summed E-state index contributed by atoms with van der Waals surface area (Å²) in [7, 11) is 1.70. The van der Waals surface area contributed by atoms with Gasteiger partial charge in [0.15, 0.2) is 11.5 Å². The van der Waals surface area contributed by atoms with E-state index in [4.69, 9.17) is 19.9 Å². The fourth-order valence-electron chi connectivity index (χ4n) is 3.80. The Balaban J connectivity index is 1.97. The number of ether oxygens (including phenoxy) is 3. The van der Waals surface area contributed by atoms with Gasteiger partial charge in [-0.15, -0.1) is 0 Å². The summed E-state index contributed by atoms with van der Waals surface area (Å²) in [6.45, 7) is 2.10. The third kappa shape index (κ3) is 2.95. The summed E-state index contributed by atoms with van der Waals surface area (Å²) >= 11 is 0. The molecule has 0 amide bonds. The van der Waals surface area contributed by atoms with Crippen LogP contribution in [0.3, 0.4) is 0 Å². The van der Waals surface area contributed by atoms with E-state index in [1.165, 1.54) is 24.8 Å². The molecule has 1 heterocycles. The summed E-state index contributed by atoms with van der Waals surface area (Å²) in [5, 5.41) is 0. The molecule has 1 aromatic carbocycles. The third-order valence-corrected chi connectivity index (χ3v) is 5.14. The first-order valence-corrected chi connectivity index (χ1v) is 8.41. The molecule has 2 fully saturated rings. The van der Waals surface area contributed by atoms with Crippen LogP contribution in [0.1, 0.15) is 44.1 Å². The van der Waals surface area contributed by atoms with E-state index in [-0.39, 0.29) is 11.5 Å². The van der Waals surface area contributed by atoms with Crippen LogP contribution >= 0.6 is 0 Å². The van der Waals surface area contributed by atoms with Crippen LogP contribution in [0.5, 0.6) is 11.5 Å². The second kappa shape index (κ2) is 6.88. The Kier molecular flexibility index (Phi) is 4.89. The van der Waals surface area contributed by atoms with Gasteiger partial charge < -0.3 is 19.9 Å². The smallest absolute Gasteiger partial charge is 0.165 e. The first-order valence-electron chi connectivity index (χ1n) is 8.41. The van der Waals surface area contributed by atoms with Crippen LogP contribution in [0.15, 0.2) is 18.2 Å². The topological polar surface area (TPSA) is 53.7 Å². The van der Waals surface area contributed by atoms with Gasteiger partial charge in [0.25, 0.3) is 0 Å². The van der Waals surface area contributed by atoms with Crippen molar-refractivity contribution in [3.63, 3.8) is 0 Å². The monoisotopic (exact) mass is 305 g/mol. The molecule has 3 rings (SSSR count). The van der Waals surface area contributed by atoms with E-state index in [1.54, 1.807) is 7.11 Å². The highest BCUT2D eigenvalue weighted by Crippen LogP contribution is 2.46. The minimum absolute atomic E-state index is 0.0293. The molecule has 22 heavy (non-hydrogen) atoms. The predicted octanol–water partition coefficient (Wildman–Crippen LogP) is 3.02. The summed E-state index contributed by atoms with van der Waals surface area (Å²) in [5.74, 6) is 1.69. The largest absolute Gasteiger partial charge is 0.493 e. The highest BCUT2D eigenvalue weighted by Gasteiger charge is 2.36. The maximum atomic E-state index is 6.30. The van der Waals surface area contributed by atoms with E-state index >= 15 is 0 Å². The van der Waals surface area contributed by atoms with Crippen molar-refractivity contribution < 1.29 is 14.2 Å². The maximum absolute atomic E-state index is 6.30. The van der Waals surface area contributed by atoms with Crippen molar-refractivity contribution in [2.75, 3.05) is 26.9 Å². The molecule has 1 aliphatic heterocycles. The Labute approximate surface area is 132 Å². The van der Waals surface area contributed by atoms with Gasteiger partial charge in [-0.25, -0.2) is 0 Å². The Morgan fingerprint density at radius 1 is 1.27 bits per heavy atom. The van der Waals surface area contributed by atoms with Crippen molar-refractivity contribution in [2.45, 2.75) is 50.0 Å². The molecule has 1 saturated heterocycles. The standard InChI is InChI=1S/C18H27NO3/c1-20-16-7-5-6-15(17(16)22-14-8-11-21-12-14)18(13-19)9-3-2-4-10-18/h5-7,14H,2-4,8-13,19H2,1H3. The van der Waals surface area contributed by atoms with Crippen LogP contribution in [0.25, 0.3) is 0 Å². The lowest BCUT2D eigenvalue weighted by atomic mass is 9.69. The lowest BCUT2D eigenvalue weighted by Gasteiger charge is -2.38. The molecule has 2 aliphatic rings. The van der Waals surface area contributed by atoms with Crippen LogP contribution in [0.4, 0.5) is 0 Å². The molecule has 2 N–H and O–H groups in total. The molecule has 1 saturated carbocycles. The second-order valence-corrected chi connectivity index (χ2v) is 6.49. The summed E-state index contributed by atoms with van der Waals surface area (Å²) in [5.41, 5.74) is 7.47. The molecule has 4 heteroatoms. The minimum atomic E-state index is 0.0293. The summed E-state index contributed by atoms with van der Waals surface area (Å²) in [6, 6.07) is 6.20. The highest BCUT2D eigenvalue weighted by atomic mass is 16.6. The maximum Gasteiger partial charge on any atom is 0.165 e. The van der Waals surface area contributed by atoms with Gasteiger partial charge >= 0.3 is 0 Å².